The molecule has 11 aromatic carbocycles. The molecule has 69 heavy (non-hydrogen) atoms. The molecule has 1 heterocycles. The van der Waals surface area contributed by atoms with Gasteiger partial charge < -0.3 is 10.2 Å². The van der Waals surface area contributed by atoms with Crippen molar-refractivity contribution >= 4 is 50.0 Å². The highest BCUT2D eigenvalue weighted by Gasteiger charge is 2.35. The van der Waals surface area contributed by atoms with Gasteiger partial charge in [0.1, 0.15) is 0 Å². The number of hydrogen-bond acceptors (Lipinski definition) is 2. The van der Waals surface area contributed by atoms with Crippen LogP contribution in [0.15, 0.2) is 243 Å². The molecule has 11 aromatic rings. The van der Waals surface area contributed by atoms with Crippen molar-refractivity contribution in [1.82, 2.24) is 0 Å². The zero-order valence-corrected chi connectivity index (χ0v) is 38.8. The maximum absolute atomic E-state index is 3.91. The summed E-state index contributed by atoms with van der Waals surface area (Å²) in [5.41, 5.74) is 22.6. The van der Waals surface area contributed by atoms with Gasteiger partial charge in [0, 0.05) is 50.7 Å². The Hall–Kier alpha value is -8.46. The number of hydrogen-bond donors (Lipinski definition) is 1. The summed E-state index contributed by atoms with van der Waals surface area (Å²) in [5.74, 6) is 0.229. The smallest absolute Gasteiger partial charge is 0.0470 e. The second-order valence-electron chi connectivity index (χ2n) is 19.3. The van der Waals surface area contributed by atoms with E-state index in [1.165, 1.54) is 93.9 Å². The van der Waals surface area contributed by atoms with Gasteiger partial charge in [-0.25, -0.2) is 0 Å². The van der Waals surface area contributed by atoms with Crippen molar-refractivity contribution < 1.29 is 0 Å². The van der Waals surface area contributed by atoms with E-state index in [4.69, 9.17) is 0 Å². The van der Waals surface area contributed by atoms with Crippen molar-refractivity contribution in [3.63, 3.8) is 0 Å². The van der Waals surface area contributed by atoms with Crippen molar-refractivity contribution in [2.75, 3.05) is 10.2 Å². The highest BCUT2D eigenvalue weighted by Crippen LogP contribution is 2.51. The minimum absolute atomic E-state index is 0.00780. The standard InChI is InChI=1S/C67H50N2/c1-67(2)62-30-13-12-26-55(62)60-41-49(35-37-63(60)67)58(45-17-6-3-7-18-45)39-44-31-33-46(34-32-44)54-36-38-64-66-56(54)28-16-29-57(66)61-42-48-20-15-27-53(59(48)43-65(61)68-64)47-19-14-25-52(40-47)69(50-21-8-4-9-22-50)51-23-10-5-11-24-51/h3-38,40-43,58,68H,39H2,1-2H3. The summed E-state index contributed by atoms with van der Waals surface area (Å²) < 4.78 is 0. The van der Waals surface area contributed by atoms with Crippen LogP contribution in [0.2, 0.25) is 0 Å². The van der Waals surface area contributed by atoms with Crippen LogP contribution in [0.4, 0.5) is 28.4 Å². The lowest BCUT2D eigenvalue weighted by molar-refractivity contribution is 0.659. The zero-order chi connectivity index (χ0) is 46.1. The number of para-hydroxylation sites is 2. The normalized spacial score (nSPS) is 13.3. The average Bonchev–Trinajstić information content (AvgIpc) is 3.63. The molecule has 0 bridgehead atoms. The first-order valence-corrected chi connectivity index (χ1v) is 24.3. The Morgan fingerprint density at radius 3 is 1.81 bits per heavy atom. The lowest BCUT2D eigenvalue weighted by atomic mass is 9.80. The number of rotatable bonds is 9. The molecule has 0 radical (unpaired) electrons. The van der Waals surface area contributed by atoms with E-state index in [-0.39, 0.29) is 11.3 Å². The number of fused-ring (bicyclic) bond motifs is 6. The van der Waals surface area contributed by atoms with Crippen molar-refractivity contribution in [3.05, 3.63) is 270 Å². The van der Waals surface area contributed by atoms with Gasteiger partial charge in [-0.1, -0.05) is 202 Å². The van der Waals surface area contributed by atoms with E-state index < -0.39 is 0 Å². The first-order chi connectivity index (χ1) is 34.0. The van der Waals surface area contributed by atoms with E-state index in [1.807, 2.05) is 0 Å². The Morgan fingerprint density at radius 2 is 1.03 bits per heavy atom. The Bertz CT molecular complexity index is 3700. The molecule has 1 N–H and O–H groups in total. The third kappa shape index (κ3) is 6.94. The first-order valence-electron chi connectivity index (χ1n) is 24.3. The van der Waals surface area contributed by atoms with Crippen LogP contribution in [0.1, 0.15) is 47.6 Å². The topological polar surface area (TPSA) is 15.3 Å². The molecular weight excluding hydrogens is 833 g/mol. The van der Waals surface area contributed by atoms with Crippen LogP contribution in [0.5, 0.6) is 0 Å². The minimum Gasteiger partial charge on any atom is -0.354 e. The molecule has 0 spiro atoms. The summed E-state index contributed by atoms with van der Waals surface area (Å²) in [5, 5.41) is 8.87. The second-order valence-corrected chi connectivity index (χ2v) is 19.3. The average molecular weight is 883 g/mol. The van der Waals surface area contributed by atoms with Crippen LogP contribution >= 0.6 is 0 Å². The van der Waals surface area contributed by atoms with Crippen LogP contribution in [-0.4, -0.2) is 0 Å². The van der Waals surface area contributed by atoms with Gasteiger partial charge in [0.25, 0.3) is 0 Å². The predicted molar refractivity (Wildman–Crippen MR) is 292 cm³/mol. The highest BCUT2D eigenvalue weighted by molar-refractivity contribution is 6.17. The Morgan fingerprint density at radius 1 is 0.391 bits per heavy atom. The minimum atomic E-state index is -0.00780. The molecule has 1 unspecified atom stereocenters. The summed E-state index contributed by atoms with van der Waals surface area (Å²) in [4.78, 5) is 2.33. The molecule has 2 nitrogen and oxygen atoms in total. The van der Waals surface area contributed by atoms with E-state index >= 15 is 0 Å². The van der Waals surface area contributed by atoms with Crippen LogP contribution in [0.3, 0.4) is 0 Å². The molecule has 1 aliphatic heterocycles. The largest absolute Gasteiger partial charge is 0.354 e. The monoisotopic (exact) mass is 882 g/mol. The lowest BCUT2D eigenvalue weighted by Crippen LogP contribution is -2.15. The number of benzene rings is 11. The molecule has 0 aromatic heterocycles. The van der Waals surface area contributed by atoms with E-state index in [0.717, 1.165) is 34.9 Å². The third-order valence-corrected chi connectivity index (χ3v) is 15.0. The lowest BCUT2D eigenvalue weighted by Gasteiger charge is -2.26. The maximum atomic E-state index is 3.91. The van der Waals surface area contributed by atoms with E-state index in [0.29, 0.717) is 0 Å². The number of nitrogens with zero attached hydrogens (tertiary/aromatic N) is 1. The molecule has 328 valence electrons. The van der Waals surface area contributed by atoms with Crippen LogP contribution in [0.25, 0.3) is 66.1 Å². The highest BCUT2D eigenvalue weighted by atomic mass is 15.1. The fraction of sp³-hybridized carbons (Fsp3) is 0.0746. The van der Waals surface area contributed by atoms with Crippen LogP contribution in [0, 0.1) is 0 Å². The molecule has 0 amide bonds. The fourth-order valence-electron chi connectivity index (χ4n) is 11.6. The Labute approximate surface area is 404 Å². The van der Waals surface area contributed by atoms with Crippen LogP contribution in [-0.2, 0) is 11.8 Å². The third-order valence-electron chi connectivity index (χ3n) is 15.0. The molecule has 2 heteroatoms. The Kier molecular flexibility index (Phi) is 9.69. The molecule has 13 rings (SSSR count). The summed E-state index contributed by atoms with van der Waals surface area (Å²) in [6.07, 6.45) is 0.916. The quantitative estimate of drug-likeness (QED) is 0.155. The van der Waals surface area contributed by atoms with Gasteiger partial charge in [-0.2, -0.15) is 0 Å². The molecule has 2 aliphatic rings. The van der Waals surface area contributed by atoms with Crippen molar-refractivity contribution in [3.8, 4) is 44.5 Å². The fourth-order valence-corrected chi connectivity index (χ4v) is 11.6. The predicted octanol–water partition coefficient (Wildman–Crippen LogP) is 18.2. The van der Waals surface area contributed by atoms with E-state index in [1.54, 1.807) is 0 Å². The summed E-state index contributed by atoms with van der Waals surface area (Å²) in [6, 6.07) is 89.6. The molecule has 1 atom stereocenters. The zero-order valence-electron chi connectivity index (χ0n) is 38.8. The van der Waals surface area contributed by atoms with Gasteiger partial charge >= 0.3 is 0 Å². The van der Waals surface area contributed by atoms with Gasteiger partial charge in [0.05, 0.1) is 0 Å². The van der Waals surface area contributed by atoms with Crippen molar-refractivity contribution in [2.24, 2.45) is 0 Å². The Balaban J connectivity index is 0.829. The summed E-state index contributed by atoms with van der Waals surface area (Å²) in [7, 11) is 0. The van der Waals surface area contributed by atoms with Crippen molar-refractivity contribution in [2.45, 2.75) is 31.6 Å². The SMILES string of the molecule is CC1(C)c2ccccc2-c2cc(C(Cc3ccc(-c4ccc5c6c(cccc46)-c4cc6cccc(-c7cccc(N(c8ccccc8)c8ccccc8)c7)c6cc4N5)cc3)c3ccccc3)ccc21. The van der Waals surface area contributed by atoms with Gasteiger partial charge in [-0.3, -0.25) is 0 Å². The van der Waals surface area contributed by atoms with Crippen LogP contribution < -0.4 is 10.2 Å². The first kappa shape index (κ1) is 40.8. The molecular formula is C67H50N2. The molecule has 0 fully saturated rings. The maximum Gasteiger partial charge on any atom is 0.0470 e. The summed E-state index contributed by atoms with van der Waals surface area (Å²) in [6.45, 7) is 4.72. The number of nitrogens with one attached hydrogen (secondary N) is 1. The molecule has 0 saturated heterocycles. The second kappa shape index (κ2) is 16.4. The molecule has 1 aliphatic carbocycles. The van der Waals surface area contributed by atoms with Gasteiger partial charge in [0.15, 0.2) is 0 Å². The van der Waals surface area contributed by atoms with E-state index in [2.05, 4.69) is 267 Å². The van der Waals surface area contributed by atoms with E-state index in [9.17, 15) is 0 Å². The number of anilines is 5. The van der Waals surface area contributed by atoms with Gasteiger partial charge in [-0.15, -0.1) is 0 Å². The van der Waals surface area contributed by atoms with Gasteiger partial charge in [0.2, 0.25) is 0 Å². The van der Waals surface area contributed by atoms with Crippen molar-refractivity contribution in [1.29, 1.82) is 0 Å². The summed E-state index contributed by atoms with van der Waals surface area (Å²) >= 11 is 0. The molecule has 0 saturated carbocycles. The van der Waals surface area contributed by atoms with Gasteiger partial charge in [-0.05, 0) is 144 Å².